The van der Waals surface area contributed by atoms with Crippen molar-refractivity contribution in [3.8, 4) is 0 Å². The van der Waals surface area contributed by atoms with E-state index < -0.39 is 6.10 Å². The van der Waals surface area contributed by atoms with Crippen LogP contribution in [0.25, 0.3) is 0 Å². The third-order valence-electron chi connectivity index (χ3n) is 13.7. The standard InChI is InChI=1S/C63H116O6/c1-4-7-10-13-16-19-22-25-28-30-31-33-35-38-41-44-47-50-53-56-62(65)68-59-60(58-67-61(64)55-52-49-46-43-40-37-34-27-24-21-18-15-12-9-6-3)69-63(66)57-54-51-48-45-42-39-36-32-29-26-23-20-17-14-11-8-5-2/h8,11,17,20,26,29,60H,4-7,9-10,12-16,18-19,21-25,27-28,30-59H2,1-3H3/b11-8-,20-17-,29-26-. The Labute approximate surface area is 429 Å². The minimum absolute atomic E-state index is 0.0710. The van der Waals surface area contributed by atoms with Gasteiger partial charge in [-0.3, -0.25) is 14.4 Å². The van der Waals surface area contributed by atoms with Gasteiger partial charge in [-0.05, 0) is 51.4 Å². The summed E-state index contributed by atoms with van der Waals surface area (Å²) in [6, 6.07) is 0. The van der Waals surface area contributed by atoms with Crippen molar-refractivity contribution in [3.05, 3.63) is 36.5 Å². The fourth-order valence-corrected chi connectivity index (χ4v) is 9.11. The Morgan fingerprint density at radius 1 is 0.304 bits per heavy atom. The smallest absolute Gasteiger partial charge is 0.306 e. The predicted octanol–water partition coefficient (Wildman–Crippen LogP) is 20.4. The molecule has 6 nitrogen and oxygen atoms in total. The molecule has 404 valence electrons. The number of unbranched alkanes of at least 4 members (excludes halogenated alkanes) is 39. The van der Waals surface area contributed by atoms with Crippen molar-refractivity contribution in [3.63, 3.8) is 0 Å². The van der Waals surface area contributed by atoms with Crippen LogP contribution in [0.2, 0.25) is 0 Å². The summed E-state index contributed by atoms with van der Waals surface area (Å²) in [4.78, 5) is 38.2. The average molecular weight is 970 g/mol. The van der Waals surface area contributed by atoms with Crippen molar-refractivity contribution in [2.45, 2.75) is 335 Å². The van der Waals surface area contributed by atoms with Crippen LogP contribution in [0.5, 0.6) is 0 Å². The Morgan fingerprint density at radius 3 is 0.884 bits per heavy atom. The van der Waals surface area contributed by atoms with Gasteiger partial charge in [0.1, 0.15) is 13.2 Å². The lowest BCUT2D eigenvalue weighted by Gasteiger charge is -2.18. The fourth-order valence-electron chi connectivity index (χ4n) is 9.11. The van der Waals surface area contributed by atoms with Gasteiger partial charge in [0, 0.05) is 19.3 Å². The summed E-state index contributed by atoms with van der Waals surface area (Å²) in [5, 5.41) is 0. The minimum atomic E-state index is -0.774. The van der Waals surface area contributed by atoms with Crippen molar-refractivity contribution in [1.29, 1.82) is 0 Å². The first-order valence-electron chi connectivity index (χ1n) is 30.5. The molecule has 1 unspecified atom stereocenters. The average Bonchev–Trinajstić information content (AvgIpc) is 3.35. The zero-order chi connectivity index (χ0) is 50.0. The molecule has 0 aromatic rings. The minimum Gasteiger partial charge on any atom is -0.462 e. The van der Waals surface area contributed by atoms with Gasteiger partial charge in [-0.25, -0.2) is 0 Å². The second-order valence-electron chi connectivity index (χ2n) is 20.6. The fraction of sp³-hybridized carbons (Fsp3) is 0.857. The van der Waals surface area contributed by atoms with E-state index in [1.165, 1.54) is 205 Å². The van der Waals surface area contributed by atoms with E-state index in [2.05, 4.69) is 57.2 Å². The maximum absolute atomic E-state index is 12.9. The molecule has 6 heteroatoms. The zero-order valence-electron chi connectivity index (χ0n) is 46.3. The van der Waals surface area contributed by atoms with E-state index in [0.717, 1.165) is 83.5 Å². The molecule has 0 radical (unpaired) electrons. The van der Waals surface area contributed by atoms with Gasteiger partial charge in [-0.15, -0.1) is 0 Å². The summed E-state index contributed by atoms with van der Waals surface area (Å²) >= 11 is 0. The van der Waals surface area contributed by atoms with Gasteiger partial charge < -0.3 is 14.2 Å². The van der Waals surface area contributed by atoms with Crippen molar-refractivity contribution in [2.24, 2.45) is 0 Å². The summed E-state index contributed by atoms with van der Waals surface area (Å²) in [5.41, 5.74) is 0. The Hall–Kier alpha value is -2.37. The van der Waals surface area contributed by atoms with Crippen LogP contribution in [-0.2, 0) is 28.6 Å². The SMILES string of the molecule is CC/C=C\C/C=C\C/C=C\CCCCCCCCCC(=O)OC(COC(=O)CCCCCCCCCCCCCCCCC)COC(=O)CCCCCCCCCCCCCCCCCCCCC. The van der Waals surface area contributed by atoms with Crippen molar-refractivity contribution in [1.82, 2.24) is 0 Å². The highest BCUT2D eigenvalue weighted by Crippen LogP contribution is 2.17. The number of allylic oxidation sites excluding steroid dienone is 6. The number of hydrogen-bond acceptors (Lipinski definition) is 6. The molecule has 0 saturated carbocycles. The first kappa shape index (κ1) is 66.6. The third kappa shape index (κ3) is 56.4. The van der Waals surface area contributed by atoms with Crippen LogP contribution in [0, 0.1) is 0 Å². The molecular weight excluding hydrogens is 853 g/mol. The highest BCUT2D eigenvalue weighted by Gasteiger charge is 2.19. The molecule has 0 aromatic heterocycles. The number of rotatable bonds is 56. The van der Waals surface area contributed by atoms with E-state index in [1.54, 1.807) is 0 Å². The lowest BCUT2D eigenvalue weighted by Crippen LogP contribution is -2.30. The molecule has 0 bridgehead atoms. The molecule has 0 rings (SSSR count). The molecule has 0 N–H and O–H groups in total. The summed E-state index contributed by atoms with van der Waals surface area (Å²) in [6.45, 7) is 6.58. The van der Waals surface area contributed by atoms with Crippen molar-refractivity contribution >= 4 is 17.9 Å². The predicted molar refractivity (Wildman–Crippen MR) is 298 cm³/mol. The summed E-state index contributed by atoms with van der Waals surface area (Å²) in [6.07, 6.45) is 70.0. The molecule has 0 aliphatic rings. The van der Waals surface area contributed by atoms with Gasteiger partial charge in [0.25, 0.3) is 0 Å². The molecule has 0 spiro atoms. The van der Waals surface area contributed by atoms with Crippen LogP contribution >= 0.6 is 0 Å². The van der Waals surface area contributed by atoms with Crippen LogP contribution in [0.3, 0.4) is 0 Å². The first-order chi connectivity index (χ1) is 34.0. The molecule has 0 aliphatic carbocycles. The van der Waals surface area contributed by atoms with E-state index in [4.69, 9.17) is 14.2 Å². The number of hydrogen-bond donors (Lipinski definition) is 0. The van der Waals surface area contributed by atoms with Crippen LogP contribution in [0.1, 0.15) is 329 Å². The van der Waals surface area contributed by atoms with Crippen LogP contribution in [-0.4, -0.2) is 37.2 Å². The number of ether oxygens (including phenoxy) is 3. The Kier molecular flexibility index (Phi) is 56.2. The lowest BCUT2D eigenvalue weighted by atomic mass is 10.0. The zero-order valence-corrected chi connectivity index (χ0v) is 46.3. The normalized spacial score (nSPS) is 12.2. The molecule has 0 aliphatic heterocycles. The molecule has 69 heavy (non-hydrogen) atoms. The van der Waals surface area contributed by atoms with Gasteiger partial charge in [0.05, 0.1) is 0 Å². The quantitative estimate of drug-likeness (QED) is 0.0261. The topological polar surface area (TPSA) is 78.9 Å². The van der Waals surface area contributed by atoms with E-state index in [-0.39, 0.29) is 31.1 Å². The van der Waals surface area contributed by atoms with Crippen molar-refractivity contribution < 1.29 is 28.6 Å². The van der Waals surface area contributed by atoms with E-state index in [1.807, 2.05) is 0 Å². The largest absolute Gasteiger partial charge is 0.462 e. The second kappa shape index (κ2) is 58.2. The Morgan fingerprint density at radius 2 is 0.565 bits per heavy atom. The maximum atomic E-state index is 12.9. The van der Waals surface area contributed by atoms with Crippen LogP contribution < -0.4 is 0 Å². The monoisotopic (exact) mass is 969 g/mol. The van der Waals surface area contributed by atoms with E-state index in [9.17, 15) is 14.4 Å². The van der Waals surface area contributed by atoms with Gasteiger partial charge in [-0.2, -0.15) is 0 Å². The highest BCUT2D eigenvalue weighted by molar-refractivity contribution is 5.71. The van der Waals surface area contributed by atoms with Crippen LogP contribution in [0.4, 0.5) is 0 Å². The highest BCUT2D eigenvalue weighted by atomic mass is 16.6. The molecular formula is C63H116O6. The second-order valence-corrected chi connectivity index (χ2v) is 20.6. The van der Waals surface area contributed by atoms with Crippen molar-refractivity contribution in [2.75, 3.05) is 13.2 Å². The number of carbonyl (C=O) groups excluding carboxylic acids is 3. The number of esters is 3. The molecule has 0 heterocycles. The Bertz CT molecular complexity index is 1160. The summed E-state index contributed by atoms with van der Waals surface area (Å²) in [5.74, 6) is -0.857. The molecule has 0 fully saturated rings. The molecule has 0 amide bonds. The van der Waals surface area contributed by atoms with E-state index >= 15 is 0 Å². The van der Waals surface area contributed by atoms with E-state index in [0.29, 0.717) is 19.3 Å². The maximum Gasteiger partial charge on any atom is 0.306 e. The number of carbonyl (C=O) groups is 3. The molecule has 0 aromatic carbocycles. The lowest BCUT2D eigenvalue weighted by molar-refractivity contribution is -0.167. The van der Waals surface area contributed by atoms with Gasteiger partial charge in [0.15, 0.2) is 6.10 Å². The molecule has 0 saturated heterocycles. The van der Waals surface area contributed by atoms with Gasteiger partial charge >= 0.3 is 17.9 Å². The Balaban J connectivity index is 4.32. The van der Waals surface area contributed by atoms with Gasteiger partial charge in [-0.1, -0.05) is 295 Å². The first-order valence-corrected chi connectivity index (χ1v) is 30.5. The molecule has 1 atom stereocenters. The third-order valence-corrected chi connectivity index (χ3v) is 13.7. The summed E-state index contributed by atoms with van der Waals surface area (Å²) in [7, 11) is 0. The van der Waals surface area contributed by atoms with Gasteiger partial charge in [0.2, 0.25) is 0 Å². The van der Waals surface area contributed by atoms with Crippen LogP contribution in [0.15, 0.2) is 36.5 Å². The summed E-state index contributed by atoms with van der Waals surface area (Å²) < 4.78 is 16.9.